The van der Waals surface area contributed by atoms with E-state index in [2.05, 4.69) is 9.98 Å². The summed E-state index contributed by atoms with van der Waals surface area (Å²) in [4.78, 5) is 42.7. The molecule has 3 aromatic carbocycles. The number of hydrogen-bond donors (Lipinski definition) is 2. The van der Waals surface area contributed by atoms with Crippen molar-refractivity contribution in [2.75, 3.05) is 0 Å². The van der Waals surface area contributed by atoms with Crippen LogP contribution < -0.4 is 9.54 Å². The summed E-state index contributed by atoms with van der Waals surface area (Å²) >= 11 is 1.21. The number of fused-ring (bicyclic) bond motifs is 1. The van der Waals surface area contributed by atoms with Gasteiger partial charge in [0.1, 0.15) is 17.5 Å². The molecule has 2 heterocycles. The molecule has 5 aromatic rings. The van der Waals surface area contributed by atoms with Gasteiger partial charge in [-0.15, -0.1) is 0 Å². The van der Waals surface area contributed by atoms with E-state index in [0.717, 1.165) is 35.2 Å². The standard InChI is InChI=1S/C35H35F3N3O6PS/c1-3-4-19-41-28-23-39-18-17-30(28)49-33(41)40-32(42)27-21-26(35(36,37)38)15-16-29(27)46-31(20-24-11-7-5-8-12-24)34(2,47-48(43,44)45)22-25-13-9-6-10-14-25/h5-18,21,23,31H,3-4,19-20,22H2,1-2H3,(H2,43,44,45). The second kappa shape index (κ2) is 15.2. The number of thiazole rings is 1. The minimum absolute atomic E-state index is 0.0241. The molecular formula is C35H35F3N3O6PS. The van der Waals surface area contributed by atoms with E-state index in [1.807, 2.05) is 11.5 Å². The molecule has 0 bridgehead atoms. The quantitative estimate of drug-likeness (QED) is 0.120. The molecular weight excluding hydrogens is 678 g/mol. The Morgan fingerprint density at radius 3 is 2.33 bits per heavy atom. The van der Waals surface area contributed by atoms with E-state index in [1.54, 1.807) is 79.1 Å². The average molecular weight is 714 g/mol. The number of phosphoric acid groups is 1. The number of carbonyl (C=O) groups is 1. The van der Waals surface area contributed by atoms with Gasteiger partial charge in [-0.1, -0.05) is 85.3 Å². The van der Waals surface area contributed by atoms with Crippen molar-refractivity contribution in [2.45, 2.75) is 64.0 Å². The van der Waals surface area contributed by atoms with Gasteiger partial charge in [-0.05, 0) is 48.7 Å². The first kappa shape index (κ1) is 36.2. The highest BCUT2D eigenvalue weighted by Crippen LogP contribution is 2.45. The molecule has 5 rings (SSSR count). The fourth-order valence-corrected chi connectivity index (χ4v) is 7.25. The molecule has 0 fully saturated rings. The van der Waals surface area contributed by atoms with E-state index >= 15 is 0 Å². The third-order valence-corrected chi connectivity index (χ3v) is 9.61. The average Bonchev–Trinajstić information content (AvgIpc) is 3.39. The van der Waals surface area contributed by atoms with Crippen LogP contribution >= 0.6 is 19.2 Å². The minimum Gasteiger partial charge on any atom is -0.486 e. The lowest BCUT2D eigenvalue weighted by Crippen LogP contribution is -2.48. The number of aromatic nitrogens is 2. The molecule has 0 saturated heterocycles. The van der Waals surface area contributed by atoms with Crippen LogP contribution in [0.25, 0.3) is 10.2 Å². The Labute approximate surface area is 285 Å². The summed E-state index contributed by atoms with van der Waals surface area (Å²) in [6, 6.07) is 21.9. The van der Waals surface area contributed by atoms with Gasteiger partial charge in [-0.25, -0.2) is 4.57 Å². The van der Waals surface area contributed by atoms with Crippen LogP contribution in [0.2, 0.25) is 0 Å². The van der Waals surface area contributed by atoms with E-state index < -0.39 is 42.7 Å². The van der Waals surface area contributed by atoms with E-state index in [1.165, 1.54) is 18.3 Å². The zero-order valence-electron chi connectivity index (χ0n) is 26.7. The van der Waals surface area contributed by atoms with Crippen molar-refractivity contribution in [1.29, 1.82) is 0 Å². The van der Waals surface area contributed by atoms with Crippen LogP contribution in [0.5, 0.6) is 5.75 Å². The van der Waals surface area contributed by atoms with Crippen molar-refractivity contribution in [3.05, 3.63) is 124 Å². The van der Waals surface area contributed by atoms with Crippen molar-refractivity contribution in [3.63, 3.8) is 0 Å². The van der Waals surface area contributed by atoms with Gasteiger partial charge in [0.05, 0.1) is 27.5 Å². The summed E-state index contributed by atoms with van der Waals surface area (Å²) in [7, 11) is -5.14. The van der Waals surface area contributed by atoms with Crippen LogP contribution in [0.15, 0.2) is 102 Å². The largest absolute Gasteiger partial charge is 0.486 e. The highest BCUT2D eigenvalue weighted by molar-refractivity contribution is 7.46. The van der Waals surface area contributed by atoms with Gasteiger partial charge in [-0.3, -0.25) is 14.3 Å². The van der Waals surface area contributed by atoms with Crippen molar-refractivity contribution in [1.82, 2.24) is 9.55 Å². The maximum atomic E-state index is 14.0. The molecule has 0 radical (unpaired) electrons. The van der Waals surface area contributed by atoms with Gasteiger partial charge in [0.2, 0.25) is 0 Å². The number of halogens is 3. The Morgan fingerprint density at radius 1 is 1.02 bits per heavy atom. The first-order chi connectivity index (χ1) is 23.3. The molecule has 2 aromatic heterocycles. The number of benzene rings is 3. The zero-order chi connectivity index (χ0) is 35.2. The molecule has 258 valence electrons. The molecule has 2 atom stereocenters. The summed E-state index contributed by atoms with van der Waals surface area (Å²) in [5, 5.41) is 0. The summed E-state index contributed by atoms with van der Waals surface area (Å²) in [5.41, 5.74) is -1.20. The highest BCUT2D eigenvalue weighted by Gasteiger charge is 2.43. The first-order valence-electron chi connectivity index (χ1n) is 15.5. The Balaban J connectivity index is 1.65. The predicted molar refractivity (Wildman–Crippen MR) is 180 cm³/mol. The molecule has 2 unspecified atom stereocenters. The fraction of sp³-hybridized carbons (Fsp3) is 0.286. The van der Waals surface area contributed by atoms with E-state index in [-0.39, 0.29) is 23.4 Å². The number of unbranched alkanes of at least 4 members (excludes halogenated alkanes) is 1. The molecule has 0 aliphatic carbocycles. The highest BCUT2D eigenvalue weighted by atomic mass is 32.1. The summed E-state index contributed by atoms with van der Waals surface area (Å²) in [5.74, 6) is -1.23. The van der Waals surface area contributed by atoms with Crippen LogP contribution in [-0.4, -0.2) is 37.0 Å². The van der Waals surface area contributed by atoms with Crippen LogP contribution in [0.4, 0.5) is 13.2 Å². The lowest BCUT2D eigenvalue weighted by atomic mass is 9.87. The molecule has 49 heavy (non-hydrogen) atoms. The summed E-state index contributed by atoms with van der Waals surface area (Å²) < 4.78 is 68.8. The predicted octanol–water partition coefficient (Wildman–Crippen LogP) is 7.76. The fourth-order valence-electron chi connectivity index (χ4n) is 5.50. The number of hydrogen-bond acceptors (Lipinski definition) is 6. The van der Waals surface area contributed by atoms with Gasteiger partial charge in [0, 0.05) is 25.6 Å². The van der Waals surface area contributed by atoms with Gasteiger partial charge in [0.25, 0.3) is 5.91 Å². The second-order valence-electron chi connectivity index (χ2n) is 11.7. The van der Waals surface area contributed by atoms with E-state index in [0.29, 0.717) is 23.7 Å². The SMILES string of the molecule is CCCCn1c(=NC(=O)c2cc(C(F)(F)F)ccc2OC(Cc2ccccc2)C(C)(Cc2ccccc2)OP(=O)(O)O)sc2ccncc21. The molecule has 1 amide bonds. The van der Waals surface area contributed by atoms with Crippen LogP contribution in [-0.2, 0) is 34.7 Å². The molecule has 0 saturated carbocycles. The van der Waals surface area contributed by atoms with E-state index in [4.69, 9.17) is 9.26 Å². The van der Waals surface area contributed by atoms with Gasteiger partial charge in [-0.2, -0.15) is 18.2 Å². The number of carbonyl (C=O) groups excluding carboxylic acids is 1. The molecule has 2 N–H and O–H groups in total. The van der Waals surface area contributed by atoms with Crippen LogP contribution in [0, 0.1) is 0 Å². The second-order valence-corrected chi connectivity index (χ2v) is 13.9. The van der Waals surface area contributed by atoms with Gasteiger partial charge >= 0.3 is 14.0 Å². The Kier molecular flexibility index (Phi) is 11.2. The Morgan fingerprint density at radius 2 is 1.69 bits per heavy atom. The number of phosphoric ester groups is 1. The topological polar surface area (TPSA) is 123 Å². The normalized spacial score (nSPS) is 14.5. The van der Waals surface area contributed by atoms with Crippen molar-refractivity contribution in [3.8, 4) is 5.75 Å². The Hall–Kier alpha value is -4.13. The van der Waals surface area contributed by atoms with Crippen molar-refractivity contribution >= 4 is 35.3 Å². The molecule has 9 nitrogen and oxygen atoms in total. The molecule has 0 aliphatic rings. The monoisotopic (exact) mass is 713 g/mol. The first-order valence-corrected chi connectivity index (χ1v) is 17.8. The maximum Gasteiger partial charge on any atom is 0.470 e. The molecule has 14 heteroatoms. The number of ether oxygens (including phenoxy) is 1. The summed E-state index contributed by atoms with van der Waals surface area (Å²) in [6.45, 7) is 3.98. The molecule has 0 aliphatic heterocycles. The van der Waals surface area contributed by atoms with Crippen molar-refractivity contribution < 1.29 is 41.6 Å². The van der Waals surface area contributed by atoms with Gasteiger partial charge in [0.15, 0.2) is 4.80 Å². The van der Waals surface area contributed by atoms with Crippen LogP contribution in [0.1, 0.15) is 53.7 Å². The number of alkyl halides is 3. The number of rotatable bonds is 13. The maximum absolute atomic E-state index is 14.0. The third-order valence-electron chi connectivity index (χ3n) is 7.89. The number of nitrogens with zero attached hydrogens (tertiary/aromatic N) is 3. The van der Waals surface area contributed by atoms with Crippen LogP contribution in [0.3, 0.4) is 0 Å². The molecule has 0 spiro atoms. The number of aryl methyl sites for hydroxylation is 1. The number of amides is 1. The number of pyridine rings is 1. The lowest BCUT2D eigenvalue weighted by molar-refractivity contribution is -0.137. The zero-order valence-corrected chi connectivity index (χ0v) is 28.4. The Bertz CT molecular complexity index is 2010. The third kappa shape index (κ3) is 9.31. The van der Waals surface area contributed by atoms with Crippen molar-refractivity contribution in [2.24, 2.45) is 4.99 Å². The minimum atomic E-state index is -5.14. The smallest absolute Gasteiger partial charge is 0.470 e. The summed E-state index contributed by atoms with van der Waals surface area (Å²) in [6.07, 6.45) is -1.15. The lowest BCUT2D eigenvalue weighted by Gasteiger charge is -2.38. The van der Waals surface area contributed by atoms with Gasteiger partial charge < -0.3 is 19.1 Å². The van der Waals surface area contributed by atoms with E-state index in [9.17, 15) is 32.3 Å².